The van der Waals surface area contributed by atoms with E-state index < -0.39 is 46.6 Å². The molecule has 21 heteroatoms. The molecule has 0 bridgehead atoms. The Kier molecular flexibility index (Phi) is 14.1. The summed E-state index contributed by atoms with van der Waals surface area (Å²) in [6.45, 7) is 18.8. The molecule has 0 N–H and O–H groups in total. The summed E-state index contributed by atoms with van der Waals surface area (Å²) >= 11 is 6.67. The topological polar surface area (TPSA) is 214 Å². The predicted molar refractivity (Wildman–Crippen MR) is 282 cm³/mol. The molecule has 72 heavy (non-hydrogen) atoms. The third-order valence-corrected chi connectivity index (χ3v) is 12.5. The summed E-state index contributed by atoms with van der Waals surface area (Å²) in [7, 11) is -0.539. The Morgan fingerprint density at radius 3 is 1.40 bits per heavy atom. The first-order valence-electron chi connectivity index (χ1n) is 22.6. The molecule has 0 aliphatic carbocycles. The average Bonchev–Trinajstić information content (AvgIpc) is 3.91. The maximum absolute atomic E-state index is 12.9. The fraction of sp³-hybridized carbons (Fsp3) is 0.275. The summed E-state index contributed by atoms with van der Waals surface area (Å²) in [5, 5.41) is 13.9. The second kappa shape index (κ2) is 19.9. The van der Waals surface area contributed by atoms with Crippen molar-refractivity contribution in [1.29, 1.82) is 0 Å². The monoisotopic (exact) mass is 1100 g/mol. The Hall–Kier alpha value is -7.07. The number of nitrogens with zero attached hydrogens (tertiary/aromatic N) is 10. The van der Waals surface area contributed by atoms with Gasteiger partial charge >= 0.3 is 25.1 Å². The lowest BCUT2D eigenvalue weighted by molar-refractivity contribution is -0.389. The van der Waals surface area contributed by atoms with Crippen LogP contribution >= 0.6 is 31.9 Å². The van der Waals surface area contributed by atoms with Crippen molar-refractivity contribution < 1.29 is 33.3 Å². The molecule has 0 amide bonds. The molecule has 18 nitrogen and oxygen atoms in total. The molecule has 1 aliphatic heterocycles. The van der Waals surface area contributed by atoms with Crippen LogP contribution in [0.25, 0.3) is 66.4 Å². The minimum absolute atomic E-state index is 0.185. The molecule has 1 saturated heterocycles. The normalized spacial score (nSPS) is 14.1. The van der Waals surface area contributed by atoms with Crippen molar-refractivity contribution in [2.75, 3.05) is 0 Å². The van der Waals surface area contributed by atoms with Crippen LogP contribution in [0.2, 0.25) is 0 Å². The van der Waals surface area contributed by atoms with Gasteiger partial charge in [0.05, 0.1) is 33.6 Å². The Morgan fingerprint density at radius 1 is 0.597 bits per heavy atom. The molecule has 10 rings (SSSR count). The number of halogens is 2. The number of pyridine rings is 7. The number of fused-ring (bicyclic) bond motifs is 6. The number of carbonyl (C=O) groups excluding carboxylic acids is 2. The second-order valence-electron chi connectivity index (χ2n) is 19.6. The third kappa shape index (κ3) is 11.0. The summed E-state index contributed by atoms with van der Waals surface area (Å²) in [6, 6.07) is 21.8. The van der Waals surface area contributed by atoms with Crippen molar-refractivity contribution in [2.45, 2.75) is 91.6 Å². The van der Waals surface area contributed by atoms with E-state index in [9.17, 15) is 19.7 Å². The highest BCUT2D eigenvalue weighted by molar-refractivity contribution is 9.10. The first-order chi connectivity index (χ1) is 33.9. The summed E-state index contributed by atoms with van der Waals surface area (Å²) in [5.41, 5.74) is 4.27. The molecular weight excluding hydrogens is 1050 g/mol. The van der Waals surface area contributed by atoms with E-state index in [-0.39, 0.29) is 5.82 Å². The summed E-state index contributed by atoms with van der Waals surface area (Å²) < 4.78 is 27.4. The number of aromatic nitrogens is 9. The first kappa shape index (κ1) is 51.3. The molecule has 9 aromatic heterocycles. The number of hydrogen-bond donors (Lipinski definition) is 0. The second-order valence-corrected chi connectivity index (χ2v) is 21.2. The Labute approximate surface area is 431 Å². The SMILES string of the molecule is CC(C)(C)OC(=O)n1c2ccncc2c2ccc(-c3ccc(Br)nc3)nc21.CC(C)(C)OC(=O)n1c2ccncc2c2ccc(-c3ccc(Br)nc3)nc21.CC1(C)OB(c2ccc([N+](=O)[O-])nc2)OC1(C)C. The van der Waals surface area contributed by atoms with Gasteiger partial charge in [-0.3, -0.25) is 9.97 Å². The summed E-state index contributed by atoms with van der Waals surface area (Å²) in [6.07, 6.45) is 10.7. The molecule has 368 valence electrons. The molecule has 9 aromatic rings. The van der Waals surface area contributed by atoms with Gasteiger partial charge in [0.15, 0.2) is 11.3 Å². The van der Waals surface area contributed by atoms with Crippen LogP contribution in [0.5, 0.6) is 0 Å². The third-order valence-electron chi connectivity index (χ3n) is 11.5. The van der Waals surface area contributed by atoms with Crippen molar-refractivity contribution in [3.05, 3.63) is 135 Å². The number of ether oxygens (including phenoxy) is 2. The quantitative estimate of drug-likeness (QED) is 0.0693. The molecular formula is C51H49BBr2N10O8. The van der Waals surface area contributed by atoms with Crippen molar-refractivity contribution in [2.24, 2.45) is 0 Å². The lowest BCUT2D eigenvalue weighted by atomic mass is 9.80. The van der Waals surface area contributed by atoms with Gasteiger partial charge in [-0.2, -0.15) is 0 Å². The van der Waals surface area contributed by atoms with Crippen LogP contribution in [0.1, 0.15) is 69.2 Å². The van der Waals surface area contributed by atoms with Crippen LogP contribution in [0, 0.1) is 10.1 Å². The number of nitro groups is 1. The van der Waals surface area contributed by atoms with Gasteiger partial charge in [0.25, 0.3) is 0 Å². The number of hydrogen-bond acceptors (Lipinski definition) is 15. The van der Waals surface area contributed by atoms with Crippen LogP contribution in [0.3, 0.4) is 0 Å². The minimum Gasteiger partial charge on any atom is -0.443 e. The molecule has 0 atom stereocenters. The van der Waals surface area contributed by atoms with Gasteiger partial charge in [0, 0.05) is 81.4 Å². The van der Waals surface area contributed by atoms with Crippen molar-refractivity contribution in [3.8, 4) is 22.5 Å². The van der Waals surface area contributed by atoms with Crippen LogP contribution in [0.15, 0.2) is 125 Å². The molecule has 10 heterocycles. The number of carbonyl (C=O) groups is 2. The van der Waals surface area contributed by atoms with E-state index in [1.165, 1.54) is 21.4 Å². The average molecular weight is 1100 g/mol. The lowest BCUT2D eigenvalue weighted by Gasteiger charge is -2.32. The fourth-order valence-electron chi connectivity index (χ4n) is 7.45. The zero-order valence-corrected chi connectivity index (χ0v) is 44.2. The van der Waals surface area contributed by atoms with Gasteiger partial charge < -0.3 is 28.9 Å². The van der Waals surface area contributed by atoms with Gasteiger partial charge in [0.2, 0.25) is 0 Å². The Bertz CT molecular complexity index is 3300. The van der Waals surface area contributed by atoms with E-state index in [0.717, 1.165) is 53.3 Å². The van der Waals surface area contributed by atoms with Gasteiger partial charge in [0.1, 0.15) is 26.6 Å². The zero-order valence-electron chi connectivity index (χ0n) is 41.0. The van der Waals surface area contributed by atoms with E-state index in [4.69, 9.17) is 28.8 Å². The van der Waals surface area contributed by atoms with E-state index >= 15 is 0 Å². The molecule has 1 fully saturated rings. The molecule has 0 radical (unpaired) electrons. The van der Waals surface area contributed by atoms with Crippen LogP contribution in [-0.2, 0) is 18.8 Å². The Morgan fingerprint density at radius 2 is 1.04 bits per heavy atom. The highest BCUT2D eigenvalue weighted by Crippen LogP contribution is 2.37. The van der Waals surface area contributed by atoms with Crippen LogP contribution in [-0.4, -0.2) is 90.7 Å². The van der Waals surface area contributed by atoms with Crippen molar-refractivity contribution in [3.63, 3.8) is 0 Å². The van der Waals surface area contributed by atoms with E-state index in [1.807, 2.05) is 118 Å². The Balaban J connectivity index is 0.000000148. The van der Waals surface area contributed by atoms with E-state index in [0.29, 0.717) is 27.8 Å². The maximum atomic E-state index is 12.9. The van der Waals surface area contributed by atoms with E-state index in [1.54, 1.807) is 55.4 Å². The smallest absolute Gasteiger partial charge is 0.443 e. The zero-order chi connectivity index (χ0) is 51.9. The molecule has 0 spiro atoms. The van der Waals surface area contributed by atoms with Gasteiger partial charge in [-0.25, -0.2) is 38.7 Å². The van der Waals surface area contributed by atoms with Gasteiger partial charge in [-0.15, -0.1) is 0 Å². The largest absolute Gasteiger partial charge is 0.498 e. The van der Waals surface area contributed by atoms with Gasteiger partial charge in [-0.1, -0.05) is 6.07 Å². The van der Waals surface area contributed by atoms with Crippen LogP contribution < -0.4 is 5.46 Å². The highest BCUT2D eigenvalue weighted by Gasteiger charge is 2.52. The van der Waals surface area contributed by atoms with Crippen LogP contribution in [0.4, 0.5) is 15.4 Å². The fourth-order valence-corrected chi connectivity index (χ4v) is 7.92. The first-order valence-corrected chi connectivity index (χ1v) is 24.2. The maximum Gasteiger partial charge on any atom is 0.498 e. The number of rotatable bonds is 4. The summed E-state index contributed by atoms with van der Waals surface area (Å²) in [5.74, 6) is -0.185. The standard InChI is InChI=1S/2C20H17BrN4O2.C11H15BN2O4/c2*1-20(2,3)27-19(26)25-16-8-9-22-11-14(16)13-5-6-15(24-18(13)25)12-4-7-17(21)23-10-12;1-10(2)11(3,4)18-12(17-10)8-5-6-9(13-7-8)14(15)16/h2*4-11H,1-3H3;5-7H,1-4H3. The predicted octanol–water partition coefficient (Wildman–Crippen LogP) is 11.7. The minimum atomic E-state index is -0.611. The highest BCUT2D eigenvalue weighted by atomic mass is 79.9. The lowest BCUT2D eigenvalue weighted by Crippen LogP contribution is -2.41. The van der Waals surface area contributed by atoms with Crippen molar-refractivity contribution >= 4 is 106 Å². The molecule has 0 saturated carbocycles. The van der Waals surface area contributed by atoms with Gasteiger partial charge in [-0.05, 0) is 172 Å². The van der Waals surface area contributed by atoms with E-state index in [2.05, 4.69) is 56.8 Å². The molecule has 1 aliphatic rings. The summed E-state index contributed by atoms with van der Waals surface area (Å²) in [4.78, 5) is 65.9. The van der Waals surface area contributed by atoms with Crippen molar-refractivity contribution in [1.82, 2.24) is 44.0 Å². The molecule has 0 unspecified atom stereocenters. The molecule has 0 aromatic carbocycles.